The molecule has 0 radical (unpaired) electrons. The van der Waals surface area contributed by atoms with Gasteiger partial charge in [-0.3, -0.25) is 0 Å². The molecular formula is C10H10ClN3OS. The summed E-state index contributed by atoms with van der Waals surface area (Å²) in [5, 5.41) is 1.88. The smallest absolute Gasteiger partial charge is 0.261 e. The Morgan fingerprint density at radius 1 is 1.38 bits per heavy atom. The lowest BCUT2D eigenvalue weighted by molar-refractivity contribution is 0.453. The van der Waals surface area contributed by atoms with Gasteiger partial charge in [0.15, 0.2) is 0 Å². The zero-order valence-electron chi connectivity index (χ0n) is 8.68. The standard InChI is InChI=1S/C10H10ClN3OS/c1-2-3-7-8(11)13-6-14-9(7)16-10-12-4-5-15-10/h4-6H,2-3H2,1H3. The number of aromatic nitrogens is 3. The van der Waals surface area contributed by atoms with Crippen molar-refractivity contribution in [3.8, 4) is 0 Å². The van der Waals surface area contributed by atoms with E-state index in [0.717, 1.165) is 23.4 Å². The number of halogens is 1. The number of rotatable bonds is 4. The maximum absolute atomic E-state index is 6.03. The first-order chi connectivity index (χ1) is 7.81. The molecule has 2 aromatic rings. The van der Waals surface area contributed by atoms with E-state index in [-0.39, 0.29) is 0 Å². The van der Waals surface area contributed by atoms with Crippen molar-refractivity contribution >= 4 is 23.4 Å². The highest BCUT2D eigenvalue weighted by molar-refractivity contribution is 7.99. The minimum absolute atomic E-state index is 0.505. The van der Waals surface area contributed by atoms with Crippen molar-refractivity contribution < 1.29 is 4.42 Å². The molecule has 0 N–H and O–H groups in total. The van der Waals surface area contributed by atoms with Gasteiger partial charge in [-0.2, -0.15) is 0 Å². The van der Waals surface area contributed by atoms with Crippen molar-refractivity contribution in [2.75, 3.05) is 0 Å². The van der Waals surface area contributed by atoms with Crippen LogP contribution in [0, 0.1) is 0 Å². The summed E-state index contributed by atoms with van der Waals surface area (Å²) in [7, 11) is 0. The molecule has 2 heterocycles. The lowest BCUT2D eigenvalue weighted by atomic mass is 10.2. The van der Waals surface area contributed by atoms with Crippen LogP contribution in [0.2, 0.25) is 5.15 Å². The normalized spacial score (nSPS) is 10.6. The first kappa shape index (κ1) is 11.4. The lowest BCUT2D eigenvalue weighted by Gasteiger charge is -2.05. The Hall–Kier alpha value is -1.07. The van der Waals surface area contributed by atoms with Crippen molar-refractivity contribution in [1.29, 1.82) is 0 Å². The Labute approximate surface area is 102 Å². The topological polar surface area (TPSA) is 51.8 Å². The fourth-order valence-electron chi connectivity index (χ4n) is 1.27. The van der Waals surface area contributed by atoms with Gasteiger partial charge in [0.05, 0.1) is 6.20 Å². The quantitative estimate of drug-likeness (QED) is 0.785. The molecule has 6 heteroatoms. The van der Waals surface area contributed by atoms with Crippen molar-refractivity contribution in [2.45, 2.75) is 30.0 Å². The molecule has 0 aliphatic heterocycles. The predicted octanol–water partition coefficient (Wildman–Crippen LogP) is 3.22. The first-order valence-electron chi connectivity index (χ1n) is 4.88. The molecule has 0 saturated carbocycles. The Kier molecular flexibility index (Phi) is 3.79. The van der Waals surface area contributed by atoms with E-state index in [4.69, 9.17) is 16.0 Å². The molecule has 0 saturated heterocycles. The molecule has 0 atom stereocenters. The van der Waals surface area contributed by atoms with Crippen LogP contribution in [0.25, 0.3) is 0 Å². The Balaban J connectivity index is 2.29. The van der Waals surface area contributed by atoms with Gasteiger partial charge in [0.25, 0.3) is 5.22 Å². The van der Waals surface area contributed by atoms with Crippen LogP contribution in [0.5, 0.6) is 0 Å². The Bertz CT molecular complexity index is 461. The van der Waals surface area contributed by atoms with Crippen molar-refractivity contribution in [1.82, 2.24) is 15.0 Å². The molecule has 0 unspecified atom stereocenters. The number of nitrogens with zero attached hydrogens (tertiary/aromatic N) is 3. The number of hydrogen-bond acceptors (Lipinski definition) is 5. The molecular weight excluding hydrogens is 246 g/mol. The third-order valence-electron chi connectivity index (χ3n) is 1.95. The molecule has 0 spiro atoms. The van der Waals surface area contributed by atoms with Gasteiger partial charge in [-0.15, -0.1) is 0 Å². The SMILES string of the molecule is CCCc1c(Cl)ncnc1Sc1ncco1. The minimum atomic E-state index is 0.505. The second-order valence-corrected chi connectivity index (χ2v) is 4.40. The zero-order chi connectivity index (χ0) is 11.4. The van der Waals surface area contributed by atoms with Crippen LogP contribution >= 0.6 is 23.4 Å². The molecule has 0 aliphatic rings. The summed E-state index contributed by atoms with van der Waals surface area (Å²) in [5.74, 6) is 0. The molecule has 2 aromatic heterocycles. The van der Waals surface area contributed by atoms with E-state index in [1.54, 1.807) is 6.20 Å². The first-order valence-corrected chi connectivity index (χ1v) is 6.07. The van der Waals surface area contributed by atoms with Gasteiger partial charge in [-0.1, -0.05) is 24.9 Å². The van der Waals surface area contributed by atoms with Crippen LogP contribution in [0.15, 0.2) is 33.5 Å². The fourth-order valence-corrected chi connectivity index (χ4v) is 2.36. The van der Waals surface area contributed by atoms with Gasteiger partial charge in [-0.25, -0.2) is 15.0 Å². The molecule has 0 aliphatic carbocycles. The van der Waals surface area contributed by atoms with E-state index in [1.807, 2.05) is 0 Å². The van der Waals surface area contributed by atoms with Crippen LogP contribution in [-0.4, -0.2) is 15.0 Å². The van der Waals surface area contributed by atoms with E-state index in [0.29, 0.717) is 10.4 Å². The van der Waals surface area contributed by atoms with Gasteiger partial charge >= 0.3 is 0 Å². The summed E-state index contributed by atoms with van der Waals surface area (Å²) in [5.41, 5.74) is 0.954. The molecule has 4 nitrogen and oxygen atoms in total. The van der Waals surface area contributed by atoms with Crippen LogP contribution in [-0.2, 0) is 6.42 Å². The number of oxazole rings is 1. The van der Waals surface area contributed by atoms with Gasteiger partial charge in [0.1, 0.15) is 22.8 Å². The highest BCUT2D eigenvalue weighted by atomic mass is 35.5. The van der Waals surface area contributed by atoms with E-state index in [9.17, 15) is 0 Å². The van der Waals surface area contributed by atoms with Crippen LogP contribution in [0.4, 0.5) is 0 Å². The van der Waals surface area contributed by atoms with E-state index in [2.05, 4.69) is 21.9 Å². The third kappa shape index (κ3) is 2.54. The van der Waals surface area contributed by atoms with Gasteiger partial charge in [0, 0.05) is 5.56 Å². The minimum Gasteiger partial charge on any atom is -0.440 e. The van der Waals surface area contributed by atoms with Crippen molar-refractivity contribution in [2.24, 2.45) is 0 Å². The Morgan fingerprint density at radius 2 is 2.25 bits per heavy atom. The summed E-state index contributed by atoms with van der Waals surface area (Å²) < 4.78 is 5.16. The summed E-state index contributed by atoms with van der Waals surface area (Å²) in [6.07, 6.45) is 6.43. The number of hydrogen-bond donors (Lipinski definition) is 0. The molecule has 2 rings (SSSR count). The maximum atomic E-state index is 6.03. The predicted molar refractivity (Wildman–Crippen MR) is 61.7 cm³/mol. The molecule has 84 valence electrons. The fraction of sp³-hybridized carbons (Fsp3) is 0.300. The second kappa shape index (κ2) is 5.32. The highest BCUT2D eigenvalue weighted by Crippen LogP contribution is 2.30. The van der Waals surface area contributed by atoms with Gasteiger partial charge < -0.3 is 4.42 Å². The highest BCUT2D eigenvalue weighted by Gasteiger charge is 2.12. The Morgan fingerprint density at radius 3 is 2.94 bits per heavy atom. The molecule has 0 aromatic carbocycles. The molecule has 0 bridgehead atoms. The maximum Gasteiger partial charge on any atom is 0.261 e. The average molecular weight is 256 g/mol. The summed E-state index contributed by atoms with van der Waals surface area (Å²) in [4.78, 5) is 12.2. The van der Waals surface area contributed by atoms with Gasteiger partial charge in [-0.05, 0) is 18.2 Å². The second-order valence-electron chi connectivity index (χ2n) is 3.10. The van der Waals surface area contributed by atoms with E-state index in [1.165, 1.54) is 24.4 Å². The summed E-state index contributed by atoms with van der Waals surface area (Å²) in [6.45, 7) is 2.09. The van der Waals surface area contributed by atoms with E-state index < -0.39 is 0 Å². The monoisotopic (exact) mass is 255 g/mol. The molecule has 0 fully saturated rings. The molecule has 0 amide bonds. The van der Waals surface area contributed by atoms with Crippen LogP contribution in [0.3, 0.4) is 0 Å². The lowest BCUT2D eigenvalue weighted by Crippen LogP contribution is -1.95. The van der Waals surface area contributed by atoms with Crippen LogP contribution in [0.1, 0.15) is 18.9 Å². The van der Waals surface area contributed by atoms with E-state index >= 15 is 0 Å². The summed E-state index contributed by atoms with van der Waals surface area (Å²) in [6, 6.07) is 0. The molecule has 16 heavy (non-hydrogen) atoms. The van der Waals surface area contributed by atoms with Crippen molar-refractivity contribution in [3.63, 3.8) is 0 Å². The average Bonchev–Trinajstić information content (AvgIpc) is 2.76. The largest absolute Gasteiger partial charge is 0.440 e. The third-order valence-corrected chi connectivity index (χ3v) is 3.19. The zero-order valence-corrected chi connectivity index (χ0v) is 10.3. The summed E-state index contributed by atoms with van der Waals surface area (Å²) >= 11 is 7.39. The van der Waals surface area contributed by atoms with Crippen molar-refractivity contribution in [3.05, 3.63) is 29.5 Å². The van der Waals surface area contributed by atoms with Crippen LogP contribution < -0.4 is 0 Å². The van der Waals surface area contributed by atoms with Gasteiger partial charge in [0.2, 0.25) is 0 Å².